The molecule has 4 nitrogen and oxygen atoms in total. The third-order valence-electron chi connectivity index (χ3n) is 11.6. The monoisotopic (exact) mass is 792 g/mol. The molecule has 57 heavy (non-hydrogen) atoms. The first-order chi connectivity index (χ1) is 28.3. The molecule has 0 spiro atoms. The molecule has 0 saturated carbocycles. The number of benzene rings is 6. The molecule has 268 valence electrons. The number of fused-ring (bicyclic) bond motifs is 16. The smallest absolute Gasteiger partial charge is 0.0810 e. The van der Waals surface area contributed by atoms with E-state index >= 15 is 0 Å². The molecule has 0 bridgehead atoms. The summed E-state index contributed by atoms with van der Waals surface area (Å²) in [5.41, 5.74) is 14.0. The van der Waals surface area contributed by atoms with Crippen LogP contribution < -0.4 is 0 Å². The zero-order chi connectivity index (χ0) is 37.6. The predicted molar refractivity (Wildman–Crippen MR) is 245 cm³/mol. The van der Waals surface area contributed by atoms with Crippen molar-refractivity contribution in [3.8, 4) is 5.69 Å². The largest absolute Gasteiger partial charge is 0.353 e. The average molecular weight is 794 g/mol. The highest BCUT2D eigenvalue weighted by Crippen LogP contribution is 2.45. The molecule has 0 unspecified atom stereocenters. The Morgan fingerprint density at radius 2 is 0.807 bits per heavy atom. The quantitative estimate of drug-likeness (QED) is 0.172. The minimum absolute atomic E-state index is 1.13. The van der Waals surface area contributed by atoms with Crippen molar-refractivity contribution >= 4 is 114 Å². The molecule has 1 N–H and O–H groups in total. The van der Waals surface area contributed by atoms with Gasteiger partial charge in [-0.3, -0.25) is 0 Å². The molecule has 8 heterocycles. The first-order valence-corrected chi connectivity index (χ1v) is 20.1. The lowest BCUT2D eigenvalue weighted by atomic mass is 10.1. The van der Waals surface area contributed by atoms with Gasteiger partial charge in [-0.1, -0.05) is 149 Å². The lowest BCUT2D eigenvalue weighted by Gasteiger charge is -2.07. The van der Waals surface area contributed by atoms with E-state index in [0.717, 1.165) is 4.47 Å². The van der Waals surface area contributed by atoms with Crippen molar-refractivity contribution in [2.24, 2.45) is 0 Å². The van der Waals surface area contributed by atoms with Crippen LogP contribution in [0, 0.1) is 0 Å². The Morgan fingerprint density at radius 3 is 1.46 bits per heavy atom. The SMILES string of the molecule is Brc1ccccc1.c1ccc(-n2c3ccccc3c3c2c2c4ccccc4c4cccc3n42)cc1.c1ccc2c(c1)[nH]c1c2c2cccc3c4ccccc4c1n32. The third-order valence-corrected chi connectivity index (χ3v) is 12.2. The molecule has 0 aliphatic heterocycles. The lowest BCUT2D eigenvalue weighted by molar-refractivity contribution is 1.18. The molecular formula is C52H33BrN4. The van der Waals surface area contributed by atoms with Crippen LogP contribution in [-0.4, -0.2) is 18.4 Å². The van der Waals surface area contributed by atoms with Crippen LogP contribution in [0.1, 0.15) is 0 Å². The zero-order valence-corrected chi connectivity index (χ0v) is 32.3. The fraction of sp³-hybridized carbons (Fsp3) is 0. The number of aromatic amines is 1. The van der Waals surface area contributed by atoms with Crippen LogP contribution in [0.2, 0.25) is 0 Å². The van der Waals surface area contributed by atoms with E-state index in [9.17, 15) is 0 Å². The van der Waals surface area contributed by atoms with Crippen LogP contribution in [0.15, 0.2) is 199 Å². The number of aromatic nitrogens is 4. The minimum atomic E-state index is 1.13. The Hall–Kier alpha value is -7.08. The van der Waals surface area contributed by atoms with Crippen LogP contribution in [-0.2, 0) is 0 Å². The van der Waals surface area contributed by atoms with Crippen molar-refractivity contribution < 1.29 is 0 Å². The Bertz CT molecular complexity index is 3750. The van der Waals surface area contributed by atoms with Crippen molar-refractivity contribution in [3.05, 3.63) is 199 Å². The van der Waals surface area contributed by atoms with Gasteiger partial charge in [0.2, 0.25) is 0 Å². The Balaban J connectivity index is 0.000000109. The molecule has 0 aliphatic carbocycles. The summed E-state index contributed by atoms with van der Waals surface area (Å²) in [4.78, 5) is 3.64. The summed E-state index contributed by atoms with van der Waals surface area (Å²) in [7, 11) is 0. The van der Waals surface area contributed by atoms with Gasteiger partial charge in [-0.2, -0.15) is 0 Å². The van der Waals surface area contributed by atoms with E-state index in [-0.39, 0.29) is 0 Å². The normalized spacial score (nSPS) is 11.9. The van der Waals surface area contributed by atoms with Crippen LogP contribution in [0.3, 0.4) is 0 Å². The molecule has 6 aromatic carbocycles. The number of hydrogen-bond donors (Lipinski definition) is 1. The van der Waals surface area contributed by atoms with E-state index < -0.39 is 0 Å². The van der Waals surface area contributed by atoms with Crippen LogP contribution in [0.5, 0.6) is 0 Å². The molecule has 5 heteroatoms. The standard InChI is InChI=1S/C26H16N2.C20H12N2.C6H5Br/c1-2-9-17(10-3-1)27-22-14-7-6-13-20(22)24-23-16-8-15-21-18-11-4-5-12-19(18)25(26(24)27)28(21)23;1-2-7-13-12(6-1)16-10-5-11-17-18-14-8-3-4-9-15(14)21-19(18)20(13)22(16)17;7-6-4-2-1-3-5-6/h1-16H;1-11,21H;1-5H. The highest BCUT2D eigenvalue weighted by molar-refractivity contribution is 9.10. The van der Waals surface area contributed by atoms with Crippen molar-refractivity contribution in [1.82, 2.24) is 18.4 Å². The number of nitrogens with zero attached hydrogens (tertiary/aromatic N) is 3. The number of para-hydroxylation sites is 3. The van der Waals surface area contributed by atoms with E-state index in [1.54, 1.807) is 0 Å². The van der Waals surface area contributed by atoms with E-state index in [2.05, 4.69) is 198 Å². The van der Waals surface area contributed by atoms with Crippen LogP contribution in [0.4, 0.5) is 0 Å². The van der Waals surface area contributed by atoms with Crippen LogP contribution in [0.25, 0.3) is 104 Å². The van der Waals surface area contributed by atoms with Gasteiger partial charge >= 0.3 is 0 Å². The van der Waals surface area contributed by atoms with Gasteiger partial charge in [-0.05, 0) is 60.7 Å². The fourth-order valence-electron chi connectivity index (χ4n) is 9.43. The Labute approximate surface area is 335 Å². The first kappa shape index (κ1) is 32.2. The minimum Gasteiger partial charge on any atom is -0.353 e. The van der Waals surface area contributed by atoms with Gasteiger partial charge in [0.1, 0.15) is 0 Å². The maximum Gasteiger partial charge on any atom is 0.0810 e. The number of halogens is 1. The van der Waals surface area contributed by atoms with E-state index in [0.29, 0.717) is 0 Å². The zero-order valence-electron chi connectivity index (χ0n) is 30.7. The topological polar surface area (TPSA) is 29.5 Å². The van der Waals surface area contributed by atoms with Crippen LogP contribution >= 0.6 is 15.9 Å². The lowest BCUT2D eigenvalue weighted by Crippen LogP contribution is -1.93. The Morgan fingerprint density at radius 1 is 0.333 bits per heavy atom. The van der Waals surface area contributed by atoms with Gasteiger partial charge in [0, 0.05) is 58.8 Å². The maximum atomic E-state index is 3.64. The number of nitrogens with one attached hydrogen (secondary N) is 1. The molecule has 14 aromatic rings. The molecule has 8 aromatic heterocycles. The third kappa shape index (κ3) is 4.61. The molecule has 0 amide bonds. The average Bonchev–Trinajstić information content (AvgIpc) is 4.10. The number of rotatable bonds is 1. The summed E-state index contributed by atoms with van der Waals surface area (Å²) in [6.07, 6.45) is 0. The predicted octanol–water partition coefficient (Wildman–Crippen LogP) is 14.5. The number of hydrogen-bond acceptors (Lipinski definition) is 0. The fourth-order valence-corrected chi connectivity index (χ4v) is 9.73. The molecule has 0 saturated heterocycles. The van der Waals surface area contributed by atoms with Gasteiger partial charge in [-0.25, -0.2) is 0 Å². The van der Waals surface area contributed by atoms with Gasteiger partial charge < -0.3 is 18.4 Å². The molecule has 0 atom stereocenters. The second-order valence-corrected chi connectivity index (χ2v) is 15.6. The maximum absolute atomic E-state index is 3.64. The van der Waals surface area contributed by atoms with Gasteiger partial charge in [0.05, 0.1) is 49.7 Å². The summed E-state index contributed by atoms with van der Waals surface area (Å²) in [5, 5.41) is 10.6. The number of pyridine rings is 2. The van der Waals surface area contributed by atoms with Gasteiger partial charge in [0.15, 0.2) is 0 Å². The molecule has 0 fully saturated rings. The molecule has 14 rings (SSSR count). The highest BCUT2D eigenvalue weighted by atomic mass is 79.9. The van der Waals surface area contributed by atoms with E-state index in [4.69, 9.17) is 0 Å². The van der Waals surface area contributed by atoms with E-state index in [1.165, 1.54) is 104 Å². The van der Waals surface area contributed by atoms with Gasteiger partial charge in [-0.15, -0.1) is 0 Å². The van der Waals surface area contributed by atoms with E-state index in [1.807, 2.05) is 30.3 Å². The molecular weight excluding hydrogens is 761 g/mol. The van der Waals surface area contributed by atoms with Crippen molar-refractivity contribution in [3.63, 3.8) is 0 Å². The van der Waals surface area contributed by atoms with Crippen molar-refractivity contribution in [2.75, 3.05) is 0 Å². The first-order valence-electron chi connectivity index (χ1n) is 19.3. The van der Waals surface area contributed by atoms with Crippen molar-refractivity contribution in [2.45, 2.75) is 0 Å². The van der Waals surface area contributed by atoms with Crippen molar-refractivity contribution in [1.29, 1.82) is 0 Å². The second kappa shape index (κ2) is 12.5. The number of H-pyrrole nitrogens is 1. The van der Waals surface area contributed by atoms with Gasteiger partial charge in [0.25, 0.3) is 0 Å². The summed E-state index contributed by atoms with van der Waals surface area (Å²) in [6, 6.07) is 68.7. The Kier molecular flexibility index (Phi) is 7.04. The summed E-state index contributed by atoms with van der Waals surface area (Å²) < 4.78 is 8.41. The molecule has 0 aliphatic rings. The summed E-state index contributed by atoms with van der Waals surface area (Å²) in [5.74, 6) is 0. The summed E-state index contributed by atoms with van der Waals surface area (Å²) in [6.45, 7) is 0. The summed E-state index contributed by atoms with van der Waals surface area (Å²) >= 11 is 3.31. The highest BCUT2D eigenvalue weighted by Gasteiger charge is 2.24. The second-order valence-electron chi connectivity index (χ2n) is 14.7. The molecule has 0 radical (unpaired) electrons.